The second-order valence-corrected chi connectivity index (χ2v) is 11.5. The van der Waals surface area contributed by atoms with Gasteiger partial charge in [-0.2, -0.15) is 8.78 Å². The second kappa shape index (κ2) is 13.1. The molecule has 1 amide bonds. The fraction of sp³-hybridized carbons (Fsp3) is 0.324. The quantitative estimate of drug-likeness (QED) is 0.0962. The van der Waals surface area contributed by atoms with Crippen molar-refractivity contribution in [2.75, 3.05) is 24.1 Å². The van der Waals surface area contributed by atoms with Gasteiger partial charge in [-0.15, -0.1) is 5.43 Å². The number of anilines is 2. The number of aromatic nitrogens is 2. The van der Waals surface area contributed by atoms with E-state index in [-0.39, 0.29) is 11.3 Å². The van der Waals surface area contributed by atoms with Crippen molar-refractivity contribution in [3.05, 3.63) is 99.7 Å². The van der Waals surface area contributed by atoms with Crippen LogP contribution in [-0.2, 0) is 11.2 Å². The summed E-state index contributed by atoms with van der Waals surface area (Å²) in [5.74, 6) is -4.64. The molecule has 0 unspecified atom stereocenters. The highest BCUT2D eigenvalue weighted by Gasteiger charge is 2.69. The van der Waals surface area contributed by atoms with E-state index in [1.807, 2.05) is 45.0 Å². The lowest BCUT2D eigenvalue weighted by atomic mass is 9.93. The average Bonchev–Trinajstić information content (AvgIpc) is 3.66. The van der Waals surface area contributed by atoms with Crippen LogP contribution in [0.1, 0.15) is 40.7 Å². The molecule has 2 atom stereocenters. The number of rotatable bonds is 12. The molecule has 234 valence electrons. The highest BCUT2D eigenvalue weighted by atomic mass is 19.3. The smallest absolute Gasteiger partial charge is 0.322 e. The first-order chi connectivity index (χ1) is 21.5. The van der Waals surface area contributed by atoms with Crippen molar-refractivity contribution < 1.29 is 27.2 Å². The Balaban J connectivity index is 1.46. The summed E-state index contributed by atoms with van der Waals surface area (Å²) in [4.78, 5) is 34.2. The van der Waals surface area contributed by atoms with Gasteiger partial charge in [-0.3, -0.25) is 23.5 Å². The topological polar surface area (TPSA) is 87.0 Å². The number of hydrogen-bond acceptors (Lipinski definition) is 4. The third-order valence-electron chi connectivity index (χ3n) is 8.01. The second-order valence-electron chi connectivity index (χ2n) is 11.5. The average molecular weight is 621 g/mol. The van der Waals surface area contributed by atoms with E-state index in [4.69, 9.17) is 0 Å². The maximum atomic E-state index is 13.4. The maximum Gasteiger partial charge on any atom is 0.322 e. The number of pyridine rings is 2. The maximum absolute atomic E-state index is 13.4. The van der Waals surface area contributed by atoms with Crippen molar-refractivity contribution in [3.63, 3.8) is 0 Å². The summed E-state index contributed by atoms with van der Waals surface area (Å²) >= 11 is 0. The van der Waals surface area contributed by atoms with Crippen LogP contribution in [0.3, 0.4) is 0 Å². The van der Waals surface area contributed by atoms with Crippen molar-refractivity contribution in [2.45, 2.75) is 52.0 Å². The normalized spacial score (nSPS) is 15.8. The summed E-state index contributed by atoms with van der Waals surface area (Å²) in [6, 6.07) is 14.9. The predicted molar refractivity (Wildman–Crippen MR) is 166 cm³/mol. The summed E-state index contributed by atoms with van der Waals surface area (Å²) in [5.41, 5.74) is 10.9. The lowest BCUT2D eigenvalue weighted by Crippen LogP contribution is -2.25. The number of nitroso groups, excluding NO2 is 1. The fourth-order valence-electron chi connectivity index (χ4n) is 5.12. The highest BCUT2D eigenvalue weighted by molar-refractivity contribution is 5.93. The van der Waals surface area contributed by atoms with Gasteiger partial charge < -0.3 is 5.32 Å². The molecule has 0 aliphatic heterocycles. The first kappa shape index (κ1) is 31.7. The number of hydrogen-bond donors (Lipinski definition) is 2. The summed E-state index contributed by atoms with van der Waals surface area (Å²) in [5, 5.41) is 2.72. The zero-order chi connectivity index (χ0) is 32.3. The third kappa shape index (κ3) is 7.35. The Morgan fingerprint density at radius 3 is 2.33 bits per heavy atom. The molecule has 0 bridgehead atoms. The molecule has 2 N–H and O–H groups in total. The Morgan fingerprint density at radius 2 is 1.64 bits per heavy atom. The molecular weight excluding hydrogens is 586 g/mol. The molecule has 1 saturated carbocycles. The predicted octanol–water partition coefficient (Wildman–Crippen LogP) is 7.72. The van der Waals surface area contributed by atoms with Gasteiger partial charge in [0.15, 0.2) is 0 Å². The molecule has 0 saturated heterocycles. The Labute approximate surface area is 258 Å². The summed E-state index contributed by atoms with van der Waals surface area (Å²) in [6.07, 6.45) is 3.27. The van der Waals surface area contributed by atoms with E-state index in [2.05, 4.69) is 20.7 Å². The van der Waals surface area contributed by atoms with E-state index in [1.165, 1.54) is 0 Å². The molecule has 1 aliphatic rings. The minimum atomic E-state index is -2.99. The number of carbonyl (C=O) groups excluding carboxylic acids is 1. The van der Waals surface area contributed by atoms with Crippen LogP contribution >= 0.6 is 0 Å². The standard InChI is InChI=1S/C34H33F4N5O2/c1-20-9-11-39-30(12-20)29-15-26(41-33(44)24(18-36)8-10-35)7-5-23(29)13-25-14-31(40-19-22(25)3)28-16-27(6-4-21(28)2)42-43(45)32-17-34(32,37)38/h4-7,9,11-12,14-16,19,24,32H,8,10,13,17-18H2,1-3H3,(H-,41,42,44,45)/p+1/t24-,32-/m1/s1. The Hall–Kier alpha value is -4.67. The Morgan fingerprint density at radius 1 is 0.933 bits per heavy atom. The largest absolute Gasteiger partial charge is 0.326 e. The van der Waals surface area contributed by atoms with Gasteiger partial charge in [0.25, 0.3) is 0 Å². The van der Waals surface area contributed by atoms with Gasteiger partial charge in [0, 0.05) is 29.2 Å². The van der Waals surface area contributed by atoms with Gasteiger partial charge in [-0.05, 0) is 104 Å². The monoisotopic (exact) mass is 620 g/mol. The molecule has 2 aromatic carbocycles. The molecule has 2 heterocycles. The lowest BCUT2D eigenvalue weighted by Gasteiger charge is -2.16. The van der Waals surface area contributed by atoms with Crippen LogP contribution in [0.5, 0.6) is 0 Å². The Kier molecular flexibility index (Phi) is 9.27. The number of hydrazine groups is 1. The summed E-state index contributed by atoms with van der Waals surface area (Å²) in [6.45, 7) is 4.06. The zero-order valence-corrected chi connectivity index (χ0v) is 25.2. The van der Waals surface area contributed by atoms with Gasteiger partial charge in [0.05, 0.1) is 35.3 Å². The van der Waals surface area contributed by atoms with E-state index < -0.39 is 43.6 Å². The van der Waals surface area contributed by atoms with Crippen molar-refractivity contribution in [2.24, 2.45) is 5.92 Å². The first-order valence-corrected chi connectivity index (χ1v) is 14.6. The third-order valence-corrected chi connectivity index (χ3v) is 8.01. The molecular formula is C34H34F4N5O2+. The van der Waals surface area contributed by atoms with Crippen LogP contribution in [0.2, 0.25) is 0 Å². The van der Waals surface area contributed by atoms with Crippen molar-refractivity contribution >= 4 is 17.3 Å². The number of nitrogens with one attached hydrogen (secondary N) is 2. The summed E-state index contributed by atoms with van der Waals surface area (Å²) in [7, 11) is 0. The van der Waals surface area contributed by atoms with Crippen molar-refractivity contribution in [1.82, 2.24) is 9.97 Å². The van der Waals surface area contributed by atoms with Gasteiger partial charge in [0.1, 0.15) is 17.2 Å². The molecule has 45 heavy (non-hydrogen) atoms. The summed E-state index contributed by atoms with van der Waals surface area (Å²) < 4.78 is 53.0. The van der Waals surface area contributed by atoms with Gasteiger partial charge in [-0.1, -0.05) is 12.1 Å². The van der Waals surface area contributed by atoms with E-state index in [9.17, 15) is 27.3 Å². The molecule has 1 fully saturated rings. The Bertz CT molecular complexity index is 1750. The van der Waals surface area contributed by atoms with Crippen LogP contribution in [0, 0.1) is 31.6 Å². The van der Waals surface area contributed by atoms with E-state index in [0.29, 0.717) is 29.2 Å². The number of aryl methyl sites for hydroxylation is 3. The van der Waals surface area contributed by atoms with Crippen LogP contribution in [-0.4, -0.2) is 46.1 Å². The van der Waals surface area contributed by atoms with Crippen LogP contribution in [0.15, 0.2) is 67.0 Å². The van der Waals surface area contributed by atoms with Crippen LogP contribution in [0.4, 0.5) is 28.9 Å². The molecule has 0 spiro atoms. The lowest BCUT2D eigenvalue weighted by molar-refractivity contribution is -0.542. The highest BCUT2D eigenvalue weighted by Crippen LogP contribution is 2.44. The number of amides is 1. The molecule has 1 aliphatic carbocycles. The number of nitrogens with zero attached hydrogens (tertiary/aromatic N) is 3. The molecule has 5 rings (SSSR count). The number of benzene rings is 2. The fourth-order valence-corrected chi connectivity index (χ4v) is 5.12. The van der Waals surface area contributed by atoms with Crippen LogP contribution < -0.4 is 10.7 Å². The SMILES string of the molecule is Cc1ccnc(-c2cc(NC(=O)[C@@H](CF)CCF)ccc2Cc2cc(-c3cc(N[N+](=O)[C@@H]4CC4(F)F)ccc3C)ncc2C)c1. The van der Waals surface area contributed by atoms with Crippen molar-refractivity contribution in [1.29, 1.82) is 0 Å². The number of carbonyl (C=O) groups is 1. The van der Waals surface area contributed by atoms with Crippen LogP contribution in [0.25, 0.3) is 22.5 Å². The van der Waals surface area contributed by atoms with Gasteiger partial charge in [-0.25, -0.2) is 0 Å². The van der Waals surface area contributed by atoms with Gasteiger partial charge in [0.2, 0.25) is 5.91 Å². The molecule has 11 heteroatoms. The van der Waals surface area contributed by atoms with E-state index >= 15 is 0 Å². The molecule has 7 nitrogen and oxygen atoms in total. The number of halogens is 4. The molecule has 4 aromatic rings. The molecule has 2 aromatic heterocycles. The minimum absolute atomic E-state index is 0.194. The van der Waals surface area contributed by atoms with E-state index in [0.717, 1.165) is 38.9 Å². The van der Waals surface area contributed by atoms with E-state index in [1.54, 1.807) is 42.7 Å². The minimum Gasteiger partial charge on any atom is -0.326 e. The zero-order valence-electron chi connectivity index (χ0n) is 25.2. The van der Waals surface area contributed by atoms with Crippen molar-refractivity contribution in [3.8, 4) is 22.5 Å². The first-order valence-electron chi connectivity index (χ1n) is 14.6. The molecule has 0 radical (unpaired) electrons. The number of alkyl halides is 4. The van der Waals surface area contributed by atoms with Gasteiger partial charge >= 0.3 is 12.0 Å².